The second-order valence-corrected chi connectivity index (χ2v) is 8.30. The maximum atomic E-state index is 13.1. The zero-order chi connectivity index (χ0) is 20.8. The number of benzene rings is 2. The van der Waals surface area contributed by atoms with Crippen LogP contribution in [0.2, 0.25) is 0 Å². The number of nitrogens with zero attached hydrogens (tertiary/aromatic N) is 1. The van der Waals surface area contributed by atoms with Gasteiger partial charge in [-0.2, -0.15) is 0 Å². The molecule has 2 aliphatic carbocycles. The summed E-state index contributed by atoms with van der Waals surface area (Å²) in [6.07, 6.45) is 3.07. The van der Waals surface area contributed by atoms with Gasteiger partial charge in [-0.15, -0.1) is 0 Å². The fraction of sp³-hybridized carbons (Fsp3) is 0.375. The van der Waals surface area contributed by atoms with Crippen molar-refractivity contribution >= 4 is 23.3 Å². The van der Waals surface area contributed by atoms with Gasteiger partial charge in [0.2, 0.25) is 11.8 Å². The number of ether oxygens (including phenoxy) is 2. The molecule has 1 heterocycles. The van der Waals surface area contributed by atoms with Crippen molar-refractivity contribution in [3.63, 3.8) is 0 Å². The van der Waals surface area contributed by atoms with E-state index in [4.69, 9.17) is 9.47 Å². The van der Waals surface area contributed by atoms with E-state index in [2.05, 4.69) is 0 Å². The molecule has 0 aromatic heterocycles. The first-order valence-electron chi connectivity index (χ1n) is 10.4. The van der Waals surface area contributed by atoms with Gasteiger partial charge >= 0.3 is 0 Å². The number of methoxy groups -OCH3 is 1. The van der Waals surface area contributed by atoms with E-state index in [0.29, 0.717) is 34.6 Å². The van der Waals surface area contributed by atoms with E-state index in [0.717, 1.165) is 19.3 Å². The van der Waals surface area contributed by atoms with Gasteiger partial charge < -0.3 is 9.47 Å². The summed E-state index contributed by atoms with van der Waals surface area (Å²) in [6.45, 7) is -0.183. The smallest absolute Gasteiger partial charge is 0.238 e. The number of anilines is 1. The van der Waals surface area contributed by atoms with Crippen LogP contribution in [-0.2, 0) is 9.59 Å². The molecule has 0 N–H and O–H groups in total. The molecule has 1 saturated heterocycles. The lowest BCUT2D eigenvalue weighted by molar-refractivity contribution is -0.123. The lowest BCUT2D eigenvalue weighted by Gasteiger charge is -2.20. The maximum Gasteiger partial charge on any atom is 0.238 e. The number of ketones is 1. The molecule has 0 radical (unpaired) electrons. The third kappa shape index (κ3) is 2.90. The summed E-state index contributed by atoms with van der Waals surface area (Å²) in [4.78, 5) is 40.1. The SMILES string of the molecule is COc1ccc(C(=O)COc2ccccc2N2C(=O)[C@@H]3[C@H]4CC[C@@H](C4)[C@H]3C2=O)cc1. The Labute approximate surface area is 174 Å². The predicted molar refractivity (Wildman–Crippen MR) is 110 cm³/mol. The topological polar surface area (TPSA) is 72.9 Å². The average Bonchev–Trinajstić information content (AvgIpc) is 3.46. The Morgan fingerprint density at radius 1 is 0.967 bits per heavy atom. The molecule has 5 rings (SSSR count). The first kappa shape index (κ1) is 18.9. The van der Waals surface area contributed by atoms with Gasteiger partial charge in [0, 0.05) is 5.56 Å². The van der Waals surface area contributed by atoms with E-state index >= 15 is 0 Å². The molecule has 154 valence electrons. The standard InChI is InChI=1S/C24H23NO5/c1-29-17-10-8-14(9-11-17)19(26)13-30-20-5-3-2-4-18(20)25-23(27)21-15-6-7-16(12-15)22(21)24(25)28/h2-5,8-11,15-16,21-22H,6-7,12-13H2,1H3/t15-,16-,21+,22+/m0/s1. The summed E-state index contributed by atoms with van der Waals surface area (Å²) in [6, 6.07) is 13.8. The van der Waals surface area contributed by atoms with Crippen LogP contribution in [0.4, 0.5) is 5.69 Å². The Bertz CT molecular complexity index is 987. The fourth-order valence-electron chi connectivity index (χ4n) is 5.41. The summed E-state index contributed by atoms with van der Waals surface area (Å²) >= 11 is 0. The van der Waals surface area contributed by atoms with Crippen molar-refractivity contribution in [1.29, 1.82) is 0 Å². The second kappa shape index (κ2) is 7.27. The van der Waals surface area contributed by atoms with Crippen molar-refractivity contribution in [3.05, 3.63) is 54.1 Å². The minimum absolute atomic E-state index is 0.116. The molecule has 30 heavy (non-hydrogen) atoms. The van der Waals surface area contributed by atoms with Crippen LogP contribution >= 0.6 is 0 Å². The number of rotatable bonds is 6. The minimum atomic E-state index is -0.193. The number of hydrogen-bond acceptors (Lipinski definition) is 5. The van der Waals surface area contributed by atoms with Crippen molar-refractivity contribution in [2.75, 3.05) is 18.6 Å². The largest absolute Gasteiger partial charge is 0.497 e. The monoisotopic (exact) mass is 405 g/mol. The van der Waals surface area contributed by atoms with Crippen LogP contribution < -0.4 is 14.4 Å². The van der Waals surface area contributed by atoms with Crippen LogP contribution in [0.3, 0.4) is 0 Å². The van der Waals surface area contributed by atoms with Crippen molar-refractivity contribution in [2.24, 2.45) is 23.7 Å². The first-order valence-corrected chi connectivity index (χ1v) is 10.4. The minimum Gasteiger partial charge on any atom is -0.497 e. The zero-order valence-corrected chi connectivity index (χ0v) is 16.7. The Kier molecular flexibility index (Phi) is 4.57. The number of fused-ring (bicyclic) bond motifs is 5. The Morgan fingerprint density at radius 2 is 1.60 bits per heavy atom. The number of amides is 2. The van der Waals surface area contributed by atoms with Crippen LogP contribution in [0, 0.1) is 23.7 Å². The van der Waals surface area contributed by atoms with Gasteiger partial charge in [0.15, 0.2) is 12.4 Å². The quantitative estimate of drug-likeness (QED) is 0.543. The molecular formula is C24H23NO5. The molecule has 2 aromatic carbocycles. The molecule has 6 heteroatoms. The molecule has 2 aromatic rings. The lowest BCUT2D eigenvalue weighted by Crippen LogP contribution is -2.33. The van der Waals surface area contributed by atoms with Crippen molar-refractivity contribution in [2.45, 2.75) is 19.3 Å². The summed E-state index contributed by atoms with van der Waals surface area (Å²) in [5.41, 5.74) is 0.941. The summed E-state index contributed by atoms with van der Waals surface area (Å²) < 4.78 is 10.9. The highest BCUT2D eigenvalue weighted by Crippen LogP contribution is 2.57. The summed E-state index contributed by atoms with van der Waals surface area (Å²) in [7, 11) is 1.57. The van der Waals surface area contributed by atoms with Crippen molar-refractivity contribution in [1.82, 2.24) is 0 Å². The van der Waals surface area contributed by atoms with Crippen LogP contribution in [-0.4, -0.2) is 31.3 Å². The van der Waals surface area contributed by atoms with Crippen LogP contribution in [0.5, 0.6) is 11.5 Å². The number of hydrogen-bond donors (Lipinski definition) is 0. The molecule has 4 atom stereocenters. The summed E-state index contributed by atoms with van der Waals surface area (Å²) in [5, 5.41) is 0. The van der Waals surface area contributed by atoms with Crippen molar-refractivity contribution < 1.29 is 23.9 Å². The normalized spacial score (nSPS) is 26.8. The molecule has 2 bridgehead atoms. The highest BCUT2D eigenvalue weighted by molar-refractivity contribution is 6.23. The van der Waals surface area contributed by atoms with Crippen LogP contribution in [0.25, 0.3) is 0 Å². The molecule has 2 amide bonds. The van der Waals surface area contributed by atoms with E-state index in [-0.39, 0.29) is 36.0 Å². The third-order valence-electron chi connectivity index (χ3n) is 6.80. The molecule has 2 saturated carbocycles. The second-order valence-electron chi connectivity index (χ2n) is 8.30. The van der Waals surface area contributed by atoms with E-state index in [1.165, 1.54) is 4.90 Å². The maximum absolute atomic E-state index is 13.1. The van der Waals surface area contributed by atoms with Gasteiger partial charge in [-0.05, 0) is 67.5 Å². The van der Waals surface area contributed by atoms with Gasteiger partial charge in [-0.25, -0.2) is 4.90 Å². The van der Waals surface area contributed by atoms with E-state index in [9.17, 15) is 14.4 Å². The number of imide groups is 1. The molecule has 6 nitrogen and oxygen atoms in total. The lowest BCUT2D eigenvalue weighted by atomic mass is 9.81. The zero-order valence-electron chi connectivity index (χ0n) is 16.7. The average molecular weight is 405 g/mol. The Morgan fingerprint density at radius 3 is 2.23 bits per heavy atom. The molecule has 3 fully saturated rings. The Hall–Kier alpha value is -3.15. The van der Waals surface area contributed by atoms with E-state index in [1.54, 1.807) is 55.6 Å². The third-order valence-corrected chi connectivity index (χ3v) is 6.80. The number of carbonyl (C=O) groups excluding carboxylic acids is 3. The highest BCUT2D eigenvalue weighted by atomic mass is 16.5. The van der Waals surface area contributed by atoms with Gasteiger partial charge in [0.25, 0.3) is 0 Å². The predicted octanol–water partition coefficient (Wildman–Crippen LogP) is 3.49. The highest BCUT2D eigenvalue weighted by Gasteiger charge is 2.61. The molecular weight excluding hydrogens is 382 g/mol. The van der Waals surface area contributed by atoms with Crippen LogP contribution in [0.15, 0.2) is 48.5 Å². The molecule has 3 aliphatic rings. The first-order chi connectivity index (χ1) is 14.6. The van der Waals surface area contributed by atoms with E-state index in [1.807, 2.05) is 0 Å². The van der Waals surface area contributed by atoms with Gasteiger partial charge in [-0.1, -0.05) is 12.1 Å². The van der Waals surface area contributed by atoms with Gasteiger partial charge in [0.05, 0.1) is 24.6 Å². The molecule has 0 spiro atoms. The molecule has 0 unspecified atom stereocenters. The molecule has 1 aliphatic heterocycles. The van der Waals surface area contributed by atoms with Gasteiger partial charge in [-0.3, -0.25) is 14.4 Å². The Balaban J connectivity index is 1.35. The number of carbonyl (C=O) groups is 3. The summed E-state index contributed by atoms with van der Waals surface area (Å²) in [5.74, 6) is 0.885. The van der Waals surface area contributed by atoms with Gasteiger partial charge in [0.1, 0.15) is 11.5 Å². The van der Waals surface area contributed by atoms with Crippen molar-refractivity contribution in [3.8, 4) is 11.5 Å². The van der Waals surface area contributed by atoms with Crippen LogP contribution in [0.1, 0.15) is 29.6 Å². The number of para-hydroxylation sites is 2. The number of Topliss-reactive ketones (excluding diaryl/α,β-unsaturated/α-hetero) is 1. The fourth-order valence-corrected chi connectivity index (χ4v) is 5.41. The van der Waals surface area contributed by atoms with E-state index < -0.39 is 0 Å².